The Morgan fingerprint density at radius 2 is 2.03 bits per heavy atom. The molecule has 34 heavy (non-hydrogen) atoms. The van der Waals surface area contributed by atoms with Crippen molar-refractivity contribution in [1.82, 2.24) is 30.7 Å². The van der Waals surface area contributed by atoms with Crippen LogP contribution in [0.2, 0.25) is 0 Å². The third-order valence-corrected chi connectivity index (χ3v) is 7.27. The van der Waals surface area contributed by atoms with Gasteiger partial charge in [-0.2, -0.15) is 5.10 Å². The summed E-state index contributed by atoms with van der Waals surface area (Å²) in [6.45, 7) is 6.33. The van der Waals surface area contributed by atoms with Crippen LogP contribution in [0.1, 0.15) is 50.1 Å². The minimum atomic E-state index is -0.754. The van der Waals surface area contributed by atoms with Crippen LogP contribution in [0.3, 0.4) is 0 Å². The van der Waals surface area contributed by atoms with Gasteiger partial charge in [0.2, 0.25) is 11.8 Å². The molecule has 1 aromatic carbocycles. The summed E-state index contributed by atoms with van der Waals surface area (Å²) >= 11 is 1.77. The van der Waals surface area contributed by atoms with Crippen LogP contribution in [0.4, 0.5) is 0 Å². The number of amides is 2. The molecule has 4 rings (SSSR count). The number of hydrogen-bond acceptors (Lipinski definition) is 8. The number of carbonyl (C=O) groups is 2. The van der Waals surface area contributed by atoms with Crippen molar-refractivity contribution in [3.05, 3.63) is 59.3 Å². The number of aliphatic hydroxyl groups is 1. The lowest BCUT2D eigenvalue weighted by Gasteiger charge is -2.29. The van der Waals surface area contributed by atoms with Crippen LogP contribution < -0.4 is 10.6 Å². The van der Waals surface area contributed by atoms with Gasteiger partial charge in [0.1, 0.15) is 12.0 Å². The first-order valence-corrected chi connectivity index (χ1v) is 12.4. The van der Waals surface area contributed by atoms with Crippen molar-refractivity contribution in [2.24, 2.45) is 5.92 Å². The summed E-state index contributed by atoms with van der Waals surface area (Å²) in [7, 11) is 0. The van der Waals surface area contributed by atoms with Crippen molar-refractivity contribution in [3.8, 4) is 0 Å². The fraction of sp³-hybridized carbons (Fsp3) is 0.458. The third-order valence-electron chi connectivity index (χ3n) is 6.15. The maximum absolute atomic E-state index is 13.4. The summed E-state index contributed by atoms with van der Waals surface area (Å²) in [5.41, 5.74) is 3.29. The molecule has 0 spiro atoms. The van der Waals surface area contributed by atoms with Crippen molar-refractivity contribution in [2.75, 3.05) is 12.4 Å². The van der Waals surface area contributed by atoms with Crippen LogP contribution in [0.15, 0.2) is 42.4 Å². The summed E-state index contributed by atoms with van der Waals surface area (Å²) in [5.74, 6) is -0.0742. The Balaban J connectivity index is 1.42. The standard InChI is InChI=1S/C24H30N6O3S/c1-14(2)20(22-25-8-9-28-29-22)24(33)30-12-18(31)10-19(30)23(32)26-11-16-4-6-17(7-5-16)21-15(3)27-13-34-21/h4-9,14,18-20,27,31H,10-13H2,1-3H3,(H,26,32)/t18-,19+,20-/m1/s1. The SMILES string of the molecule is CC1=C(c2ccc(CNC(=O)[C@@H]3C[C@@H](O)CN3C(=O)[C@@H](c3nccnn3)C(C)C)cc2)SCN1. The summed E-state index contributed by atoms with van der Waals surface area (Å²) in [5, 5.41) is 24.4. The Kier molecular flexibility index (Phi) is 7.47. The van der Waals surface area contributed by atoms with E-state index in [1.807, 2.05) is 26.0 Å². The van der Waals surface area contributed by atoms with Gasteiger partial charge in [0, 0.05) is 36.3 Å². The Hall–Kier alpha value is -2.98. The maximum atomic E-state index is 13.4. The second-order valence-corrected chi connectivity index (χ2v) is 9.94. The largest absolute Gasteiger partial charge is 0.391 e. The molecule has 2 aliphatic heterocycles. The van der Waals surface area contributed by atoms with E-state index in [9.17, 15) is 14.7 Å². The molecule has 2 amide bonds. The van der Waals surface area contributed by atoms with Gasteiger partial charge in [-0.1, -0.05) is 38.1 Å². The summed E-state index contributed by atoms with van der Waals surface area (Å²) in [6.07, 6.45) is 2.40. The Morgan fingerprint density at radius 1 is 1.26 bits per heavy atom. The monoisotopic (exact) mass is 482 g/mol. The highest BCUT2D eigenvalue weighted by atomic mass is 32.2. The fourth-order valence-corrected chi connectivity index (χ4v) is 5.39. The molecular formula is C24H30N6O3S. The van der Waals surface area contributed by atoms with Gasteiger partial charge in [0.05, 0.1) is 18.2 Å². The van der Waals surface area contributed by atoms with Crippen LogP contribution >= 0.6 is 11.8 Å². The summed E-state index contributed by atoms with van der Waals surface area (Å²) in [6, 6.07) is 7.35. The van der Waals surface area contributed by atoms with Crippen LogP contribution in [0.5, 0.6) is 0 Å². The molecule has 0 bridgehead atoms. The molecule has 2 aliphatic rings. The number of rotatable bonds is 7. The average Bonchev–Trinajstić information content (AvgIpc) is 3.44. The Morgan fingerprint density at radius 3 is 2.65 bits per heavy atom. The van der Waals surface area contributed by atoms with Crippen molar-refractivity contribution in [3.63, 3.8) is 0 Å². The zero-order valence-electron chi connectivity index (χ0n) is 19.6. The van der Waals surface area contributed by atoms with Crippen molar-refractivity contribution >= 4 is 28.5 Å². The molecule has 3 atom stereocenters. The number of aliphatic hydroxyl groups excluding tert-OH is 1. The van der Waals surface area contributed by atoms with E-state index in [1.165, 1.54) is 27.9 Å². The van der Waals surface area contributed by atoms with E-state index in [0.717, 1.165) is 17.0 Å². The van der Waals surface area contributed by atoms with Gasteiger partial charge in [-0.15, -0.1) is 16.9 Å². The normalized spacial score (nSPS) is 21.0. The average molecular weight is 483 g/mol. The van der Waals surface area contributed by atoms with Crippen LogP contribution in [-0.2, 0) is 16.1 Å². The number of hydrogen-bond donors (Lipinski definition) is 3. The second-order valence-electron chi connectivity index (χ2n) is 8.95. The lowest BCUT2D eigenvalue weighted by Crippen LogP contribution is -2.48. The number of aromatic nitrogens is 3. The first-order chi connectivity index (χ1) is 16.3. The molecular weight excluding hydrogens is 452 g/mol. The number of carbonyl (C=O) groups excluding carboxylic acids is 2. The lowest BCUT2D eigenvalue weighted by atomic mass is 9.93. The molecule has 3 heterocycles. The minimum Gasteiger partial charge on any atom is -0.391 e. The van der Waals surface area contributed by atoms with Crippen molar-refractivity contribution in [2.45, 2.75) is 51.8 Å². The first-order valence-electron chi connectivity index (χ1n) is 11.4. The van der Waals surface area contributed by atoms with Gasteiger partial charge in [-0.05, 0) is 24.0 Å². The van der Waals surface area contributed by atoms with Crippen molar-refractivity contribution < 1.29 is 14.7 Å². The highest BCUT2D eigenvalue weighted by Gasteiger charge is 2.42. The highest BCUT2D eigenvalue weighted by Crippen LogP contribution is 2.33. The minimum absolute atomic E-state index is 0.0938. The number of nitrogens with one attached hydrogen (secondary N) is 2. The van der Waals surface area contributed by atoms with E-state index in [2.05, 4.69) is 44.9 Å². The number of allylic oxidation sites excluding steroid dienone is 1. The topological polar surface area (TPSA) is 120 Å². The van der Waals surface area contributed by atoms with Crippen LogP contribution in [-0.4, -0.2) is 61.6 Å². The van der Waals surface area contributed by atoms with Crippen LogP contribution in [0, 0.1) is 5.92 Å². The van der Waals surface area contributed by atoms with E-state index < -0.39 is 18.1 Å². The maximum Gasteiger partial charge on any atom is 0.243 e. The number of nitrogens with zero attached hydrogens (tertiary/aromatic N) is 4. The molecule has 10 heteroatoms. The number of likely N-dealkylation sites (tertiary alicyclic amines) is 1. The van der Waals surface area contributed by atoms with Gasteiger partial charge < -0.3 is 20.6 Å². The van der Waals surface area contributed by atoms with Gasteiger partial charge >= 0.3 is 0 Å². The van der Waals surface area contributed by atoms with E-state index in [-0.39, 0.29) is 30.7 Å². The predicted octanol–water partition coefficient (Wildman–Crippen LogP) is 1.87. The number of benzene rings is 1. The molecule has 2 aromatic rings. The molecule has 1 saturated heterocycles. The zero-order chi connectivity index (χ0) is 24.2. The van der Waals surface area contributed by atoms with Crippen LogP contribution in [0.25, 0.3) is 4.91 Å². The predicted molar refractivity (Wildman–Crippen MR) is 130 cm³/mol. The Labute approximate surface area is 203 Å². The molecule has 3 N–H and O–H groups in total. The van der Waals surface area contributed by atoms with Gasteiger partial charge in [0.15, 0.2) is 5.82 Å². The first kappa shape index (κ1) is 24.2. The zero-order valence-corrected chi connectivity index (χ0v) is 20.4. The molecule has 1 aromatic heterocycles. The molecule has 0 aliphatic carbocycles. The second kappa shape index (κ2) is 10.5. The van der Waals surface area contributed by atoms with Gasteiger partial charge in [0.25, 0.3) is 0 Å². The quantitative estimate of drug-likeness (QED) is 0.547. The number of β-amino-alcohol motifs (C(OH)–C–C–N with tert-alkyl or cyclic N) is 1. The molecule has 1 fully saturated rings. The van der Waals surface area contributed by atoms with Crippen molar-refractivity contribution in [1.29, 1.82) is 0 Å². The van der Waals surface area contributed by atoms with Gasteiger partial charge in [-0.25, -0.2) is 4.98 Å². The molecule has 180 valence electrons. The number of thioether (sulfide) groups is 1. The Bertz CT molecular complexity index is 1060. The molecule has 0 unspecified atom stereocenters. The smallest absolute Gasteiger partial charge is 0.243 e. The summed E-state index contributed by atoms with van der Waals surface area (Å²) < 4.78 is 0. The fourth-order valence-electron chi connectivity index (χ4n) is 4.36. The summed E-state index contributed by atoms with van der Waals surface area (Å²) in [4.78, 5) is 33.4. The third kappa shape index (κ3) is 5.23. The molecule has 0 saturated carbocycles. The van der Waals surface area contributed by atoms with E-state index in [0.29, 0.717) is 12.4 Å². The van der Waals surface area contributed by atoms with E-state index in [1.54, 1.807) is 11.8 Å². The van der Waals surface area contributed by atoms with E-state index >= 15 is 0 Å². The lowest BCUT2D eigenvalue weighted by molar-refractivity contribution is -0.140. The molecule has 9 nitrogen and oxygen atoms in total. The van der Waals surface area contributed by atoms with Gasteiger partial charge in [-0.3, -0.25) is 9.59 Å². The van der Waals surface area contributed by atoms with E-state index in [4.69, 9.17) is 0 Å². The highest BCUT2D eigenvalue weighted by molar-refractivity contribution is 8.08. The molecule has 0 radical (unpaired) electrons.